The molecule has 0 spiro atoms. The SMILES string of the molecule is COc1ccc(CNCc2cc(F)ccc2F)cc1F. The van der Waals surface area contributed by atoms with Gasteiger partial charge in [-0.05, 0) is 35.9 Å². The molecule has 2 nitrogen and oxygen atoms in total. The van der Waals surface area contributed by atoms with E-state index in [0.29, 0.717) is 12.1 Å². The van der Waals surface area contributed by atoms with Gasteiger partial charge < -0.3 is 10.1 Å². The summed E-state index contributed by atoms with van der Waals surface area (Å²) in [5.74, 6) is -1.24. The van der Waals surface area contributed by atoms with Crippen LogP contribution in [0.1, 0.15) is 11.1 Å². The van der Waals surface area contributed by atoms with E-state index in [9.17, 15) is 13.2 Å². The van der Waals surface area contributed by atoms with Crippen LogP contribution in [0.25, 0.3) is 0 Å². The van der Waals surface area contributed by atoms with Gasteiger partial charge in [0.05, 0.1) is 7.11 Å². The monoisotopic (exact) mass is 281 g/mol. The van der Waals surface area contributed by atoms with E-state index in [1.807, 2.05) is 0 Å². The summed E-state index contributed by atoms with van der Waals surface area (Å²) >= 11 is 0. The van der Waals surface area contributed by atoms with Crippen LogP contribution in [0.5, 0.6) is 5.75 Å². The molecule has 0 aliphatic rings. The first-order chi connectivity index (χ1) is 9.60. The molecule has 0 saturated carbocycles. The lowest BCUT2D eigenvalue weighted by Gasteiger charge is -2.08. The highest BCUT2D eigenvalue weighted by atomic mass is 19.1. The molecule has 2 aromatic rings. The van der Waals surface area contributed by atoms with E-state index < -0.39 is 17.5 Å². The van der Waals surface area contributed by atoms with E-state index in [0.717, 1.165) is 18.2 Å². The van der Waals surface area contributed by atoms with Crippen molar-refractivity contribution in [1.29, 1.82) is 0 Å². The average Bonchev–Trinajstić information content (AvgIpc) is 2.43. The normalized spacial score (nSPS) is 10.6. The van der Waals surface area contributed by atoms with Crippen LogP contribution < -0.4 is 10.1 Å². The third-order valence-corrected chi connectivity index (χ3v) is 2.87. The topological polar surface area (TPSA) is 21.3 Å². The predicted molar refractivity (Wildman–Crippen MR) is 69.9 cm³/mol. The Hall–Kier alpha value is -2.01. The summed E-state index contributed by atoms with van der Waals surface area (Å²) in [5, 5.41) is 2.94. The molecule has 0 unspecified atom stereocenters. The Morgan fingerprint density at radius 1 is 0.950 bits per heavy atom. The Morgan fingerprint density at radius 2 is 1.75 bits per heavy atom. The van der Waals surface area contributed by atoms with Crippen LogP contribution in [0.15, 0.2) is 36.4 Å². The van der Waals surface area contributed by atoms with Crippen LogP contribution in [0.4, 0.5) is 13.2 Å². The summed E-state index contributed by atoms with van der Waals surface area (Å²) in [5.41, 5.74) is 0.930. The first-order valence-corrected chi connectivity index (χ1v) is 6.07. The van der Waals surface area contributed by atoms with Crippen molar-refractivity contribution in [2.75, 3.05) is 7.11 Å². The molecule has 5 heteroatoms. The fraction of sp³-hybridized carbons (Fsp3) is 0.200. The van der Waals surface area contributed by atoms with Crippen molar-refractivity contribution in [3.05, 3.63) is 65.0 Å². The van der Waals surface area contributed by atoms with Gasteiger partial charge in [0.2, 0.25) is 0 Å². The molecule has 106 valence electrons. The van der Waals surface area contributed by atoms with Gasteiger partial charge in [-0.15, -0.1) is 0 Å². The number of benzene rings is 2. The highest BCUT2D eigenvalue weighted by molar-refractivity contribution is 5.29. The second-order valence-electron chi connectivity index (χ2n) is 4.31. The second kappa shape index (κ2) is 6.43. The van der Waals surface area contributed by atoms with Gasteiger partial charge in [-0.3, -0.25) is 0 Å². The van der Waals surface area contributed by atoms with Crippen LogP contribution in [0, 0.1) is 17.5 Å². The molecule has 0 amide bonds. The first-order valence-electron chi connectivity index (χ1n) is 6.07. The summed E-state index contributed by atoms with van der Waals surface area (Å²) in [6.07, 6.45) is 0. The van der Waals surface area contributed by atoms with Crippen LogP contribution in [0.3, 0.4) is 0 Å². The second-order valence-corrected chi connectivity index (χ2v) is 4.31. The summed E-state index contributed by atoms with van der Waals surface area (Å²) in [6.45, 7) is 0.508. The molecule has 0 aliphatic carbocycles. The van der Waals surface area contributed by atoms with E-state index in [1.165, 1.54) is 19.2 Å². The number of halogens is 3. The van der Waals surface area contributed by atoms with Crippen molar-refractivity contribution in [3.8, 4) is 5.75 Å². The number of hydrogen-bond donors (Lipinski definition) is 1. The number of nitrogens with one attached hydrogen (secondary N) is 1. The average molecular weight is 281 g/mol. The minimum Gasteiger partial charge on any atom is -0.494 e. The fourth-order valence-corrected chi connectivity index (χ4v) is 1.84. The largest absolute Gasteiger partial charge is 0.494 e. The highest BCUT2D eigenvalue weighted by Gasteiger charge is 2.05. The van der Waals surface area contributed by atoms with Crippen LogP contribution in [-0.4, -0.2) is 7.11 Å². The third kappa shape index (κ3) is 3.51. The summed E-state index contributed by atoms with van der Waals surface area (Å²) in [7, 11) is 1.39. The van der Waals surface area contributed by atoms with Gasteiger partial charge in [-0.25, -0.2) is 13.2 Å². The van der Waals surface area contributed by atoms with Crippen LogP contribution in [0.2, 0.25) is 0 Å². The maximum absolute atomic E-state index is 13.5. The van der Waals surface area contributed by atoms with Gasteiger partial charge in [-0.2, -0.15) is 0 Å². The molecule has 0 aliphatic heterocycles. The molecule has 2 aromatic carbocycles. The molecule has 0 radical (unpaired) electrons. The summed E-state index contributed by atoms with van der Waals surface area (Å²) < 4.78 is 44.6. The number of ether oxygens (including phenoxy) is 1. The van der Waals surface area contributed by atoms with E-state index in [-0.39, 0.29) is 17.9 Å². The van der Waals surface area contributed by atoms with Gasteiger partial charge in [0.25, 0.3) is 0 Å². The van der Waals surface area contributed by atoms with E-state index in [4.69, 9.17) is 4.74 Å². The van der Waals surface area contributed by atoms with Gasteiger partial charge in [0, 0.05) is 18.7 Å². The Bertz CT molecular complexity index is 602. The Labute approximate surface area is 115 Å². The Balaban J connectivity index is 1.96. The lowest BCUT2D eigenvalue weighted by atomic mass is 10.2. The molecule has 0 saturated heterocycles. The quantitative estimate of drug-likeness (QED) is 0.907. The van der Waals surface area contributed by atoms with Crippen molar-refractivity contribution >= 4 is 0 Å². The minimum atomic E-state index is -0.487. The molecule has 0 heterocycles. The molecule has 1 N–H and O–H groups in total. The Kier molecular flexibility index (Phi) is 4.63. The zero-order valence-electron chi connectivity index (χ0n) is 10.9. The molecular formula is C15H14F3NO. The molecule has 20 heavy (non-hydrogen) atoms. The number of rotatable bonds is 5. The molecule has 0 bridgehead atoms. The van der Waals surface area contributed by atoms with E-state index in [2.05, 4.69) is 5.32 Å². The van der Waals surface area contributed by atoms with Crippen LogP contribution >= 0.6 is 0 Å². The van der Waals surface area contributed by atoms with Crippen molar-refractivity contribution in [2.45, 2.75) is 13.1 Å². The zero-order valence-corrected chi connectivity index (χ0v) is 10.9. The van der Waals surface area contributed by atoms with E-state index >= 15 is 0 Å². The number of methoxy groups -OCH3 is 1. The van der Waals surface area contributed by atoms with Gasteiger partial charge in [0.15, 0.2) is 11.6 Å². The maximum atomic E-state index is 13.5. The van der Waals surface area contributed by atoms with E-state index in [1.54, 1.807) is 6.07 Å². The van der Waals surface area contributed by atoms with Gasteiger partial charge >= 0.3 is 0 Å². The molecule has 0 atom stereocenters. The van der Waals surface area contributed by atoms with Crippen molar-refractivity contribution in [1.82, 2.24) is 5.32 Å². The van der Waals surface area contributed by atoms with Crippen LogP contribution in [-0.2, 0) is 13.1 Å². The zero-order chi connectivity index (χ0) is 14.5. The molecular weight excluding hydrogens is 267 g/mol. The molecule has 0 fully saturated rings. The first kappa shape index (κ1) is 14.4. The standard InChI is InChI=1S/C15H14F3NO/c1-20-15-5-2-10(6-14(15)18)8-19-9-11-7-12(16)3-4-13(11)17/h2-7,19H,8-9H2,1H3. The lowest BCUT2D eigenvalue weighted by molar-refractivity contribution is 0.386. The van der Waals surface area contributed by atoms with Crippen molar-refractivity contribution < 1.29 is 17.9 Å². The third-order valence-electron chi connectivity index (χ3n) is 2.87. The highest BCUT2D eigenvalue weighted by Crippen LogP contribution is 2.17. The maximum Gasteiger partial charge on any atom is 0.165 e. The van der Waals surface area contributed by atoms with Crippen molar-refractivity contribution in [2.24, 2.45) is 0 Å². The van der Waals surface area contributed by atoms with Gasteiger partial charge in [0.1, 0.15) is 11.6 Å². The van der Waals surface area contributed by atoms with Gasteiger partial charge in [-0.1, -0.05) is 6.07 Å². The smallest absolute Gasteiger partial charge is 0.165 e. The Morgan fingerprint density at radius 3 is 2.45 bits per heavy atom. The van der Waals surface area contributed by atoms with Crippen molar-refractivity contribution in [3.63, 3.8) is 0 Å². The number of hydrogen-bond acceptors (Lipinski definition) is 2. The lowest BCUT2D eigenvalue weighted by Crippen LogP contribution is -2.14. The summed E-state index contributed by atoms with van der Waals surface area (Å²) in [4.78, 5) is 0. The minimum absolute atomic E-state index is 0.164. The fourth-order valence-electron chi connectivity index (χ4n) is 1.84. The predicted octanol–water partition coefficient (Wildman–Crippen LogP) is 3.40. The molecule has 0 aromatic heterocycles. The molecule has 2 rings (SSSR count). The summed E-state index contributed by atoms with van der Waals surface area (Å²) in [6, 6.07) is 7.85.